The van der Waals surface area contributed by atoms with E-state index in [0.29, 0.717) is 12.3 Å². The average Bonchev–Trinajstić information content (AvgIpc) is 2.67. The van der Waals surface area contributed by atoms with Crippen LogP contribution in [0.3, 0.4) is 0 Å². The highest BCUT2D eigenvalue weighted by molar-refractivity contribution is 5.77. The van der Waals surface area contributed by atoms with Gasteiger partial charge in [-0.15, -0.1) is 0 Å². The van der Waals surface area contributed by atoms with Gasteiger partial charge >= 0.3 is 0 Å². The molecule has 4 heteroatoms. The fourth-order valence-electron chi connectivity index (χ4n) is 3.50. The van der Waals surface area contributed by atoms with E-state index in [-0.39, 0.29) is 5.91 Å². The van der Waals surface area contributed by atoms with Crippen LogP contribution in [0.15, 0.2) is 12.2 Å². The van der Waals surface area contributed by atoms with E-state index < -0.39 is 0 Å². The molecule has 0 aliphatic heterocycles. The fraction of sp³-hybridized carbons (Fsp3) is 0.880. The van der Waals surface area contributed by atoms with Crippen LogP contribution >= 0.6 is 0 Å². The van der Waals surface area contributed by atoms with Gasteiger partial charge in [0.15, 0.2) is 0 Å². The normalized spacial score (nSPS) is 12.9. The van der Waals surface area contributed by atoms with Crippen LogP contribution in [-0.2, 0) is 4.79 Å². The first kappa shape index (κ1) is 28.1. The summed E-state index contributed by atoms with van der Waals surface area (Å²) in [6.45, 7) is 8.66. The Morgan fingerprint density at radius 3 is 2.17 bits per heavy atom. The Morgan fingerprint density at radius 1 is 0.862 bits per heavy atom. The van der Waals surface area contributed by atoms with Gasteiger partial charge in [-0.05, 0) is 72.4 Å². The number of hydrogen-bond acceptors (Lipinski definition) is 3. The number of rotatable bonds is 20. The molecular formula is C25H51N3O. The van der Waals surface area contributed by atoms with Crippen molar-refractivity contribution >= 4 is 5.91 Å². The molecule has 0 aromatic heterocycles. The van der Waals surface area contributed by atoms with Crippen molar-refractivity contribution in [2.75, 3.05) is 47.3 Å². The lowest BCUT2D eigenvalue weighted by molar-refractivity contribution is -0.120. The second-order valence-electron chi connectivity index (χ2n) is 9.04. The van der Waals surface area contributed by atoms with Gasteiger partial charge < -0.3 is 15.1 Å². The van der Waals surface area contributed by atoms with Crippen LogP contribution in [0.25, 0.3) is 0 Å². The third-order valence-corrected chi connectivity index (χ3v) is 5.46. The maximum Gasteiger partial charge on any atom is 0.223 e. The van der Waals surface area contributed by atoms with E-state index in [9.17, 15) is 4.79 Å². The van der Waals surface area contributed by atoms with Crippen molar-refractivity contribution in [3.63, 3.8) is 0 Å². The highest BCUT2D eigenvalue weighted by Gasteiger charge is 2.02. The Labute approximate surface area is 182 Å². The summed E-state index contributed by atoms with van der Waals surface area (Å²) in [7, 11) is 6.42. The van der Waals surface area contributed by atoms with E-state index in [2.05, 4.69) is 62.3 Å². The molecule has 0 aromatic rings. The first-order valence-corrected chi connectivity index (χ1v) is 12.2. The standard InChI is InChI=1S/C25H51N3O/c1-6-7-8-9-10-11-12-17-24(2)18-15-19-25(29)26-20-16-23-28(5)22-14-13-21-27(3)4/h15,18,24H,6-14,16-17,19-23H2,1-5H3,(H,26,29)/b18-15+. The zero-order chi connectivity index (χ0) is 21.7. The van der Waals surface area contributed by atoms with Crippen LogP contribution in [0.5, 0.6) is 0 Å². The third-order valence-electron chi connectivity index (χ3n) is 5.46. The zero-order valence-electron chi connectivity index (χ0n) is 20.3. The monoisotopic (exact) mass is 409 g/mol. The highest BCUT2D eigenvalue weighted by atomic mass is 16.1. The van der Waals surface area contributed by atoms with Crippen LogP contribution < -0.4 is 5.32 Å². The summed E-state index contributed by atoms with van der Waals surface area (Å²) in [5.41, 5.74) is 0. The van der Waals surface area contributed by atoms with Gasteiger partial charge in [-0.2, -0.15) is 0 Å². The number of amides is 1. The van der Waals surface area contributed by atoms with E-state index >= 15 is 0 Å². The molecule has 29 heavy (non-hydrogen) atoms. The molecule has 4 nitrogen and oxygen atoms in total. The highest BCUT2D eigenvalue weighted by Crippen LogP contribution is 2.13. The summed E-state index contributed by atoms with van der Waals surface area (Å²) in [5, 5.41) is 3.05. The van der Waals surface area contributed by atoms with Gasteiger partial charge in [-0.1, -0.05) is 70.9 Å². The lowest BCUT2D eigenvalue weighted by atomic mass is 10.0. The zero-order valence-corrected chi connectivity index (χ0v) is 20.3. The lowest BCUT2D eigenvalue weighted by Crippen LogP contribution is -2.28. The number of nitrogens with one attached hydrogen (secondary N) is 1. The van der Waals surface area contributed by atoms with Crippen molar-refractivity contribution in [2.24, 2.45) is 5.92 Å². The molecule has 0 saturated heterocycles. The van der Waals surface area contributed by atoms with Crippen LogP contribution in [0, 0.1) is 5.92 Å². The molecule has 1 amide bonds. The summed E-state index contributed by atoms with van der Waals surface area (Å²) in [6.07, 6.45) is 19.1. The van der Waals surface area contributed by atoms with Gasteiger partial charge in [0.05, 0.1) is 0 Å². The van der Waals surface area contributed by atoms with Gasteiger partial charge in [0.2, 0.25) is 5.91 Å². The van der Waals surface area contributed by atoms with Gasteiger partial charge in [0, 0.05) is 13.0 Å². The van der Waals surface area contributed by atoms with E-state index in [1.54, 1.807) is 0 Å². The number of carbonyl (C=O) groups is 1. The predicted molar refractivity (Wildman–Crippen MR) is 128 cm³/mol. The smallest absolute Gasteiger partial charge is 0.223 e. The number of carbonyl (C=O) groups excluding carboxylic acids is 1. The first-order valence-electron chi connectivity index (χ1n) is 12.2. The number of nitrogens with zero attached hydrogens (tertiary/aromatic N) is 2. The van der Waals surface area contributed by atoms with Crippen LogP contribution in [-0.4, -0.2) is 63.0 Å². The molecule has 0 aliphatic carbocycles. The summed E-state index contributed by atoms with van der Waals surface area (Å²) in [6, 6.07) is 0. The Bertz CT molecular complexity index is 396. The van der Waals surface area contributed by atoms with Crippen molar-refractivity contribution in [3.8, 4) is 0 Å². The van der Waals surface area contributed by atoms with Crippen molar-refractivity contribution < 1.29 is 4.79 Å². The van der Waals surface area contributed by atoms with E-state index in [4.69, 9.17) is 0 Å². The Hall–Kier alpha value is -0.870. The molecule has 0 radical (unpaired) electrons. The molecule has 0 aliphatic rings. The second-order valence-corrected chi connectivity index (χ2v) is 9.04. The molecule has 0 heterocycles. The van der Waals surface area contributed by atoms with Crippen molar-refractivity contribution in [1.29, 1.82) is 0 Å². The largest absolute Gasteiger partial charge is 0.356 e. The Balaban J connectivity index is 3.55. The quantitative estimate of drug-likeness (QED) is 0.213. The maximum absolute atomic E-state index is 11.9. The fourth-order valence-corrected chi connectivity index (χ4v) is 3.50. The maximum atomic E-state index is 11.9. The van der Waals surface area contributed by atoms with Crippen molar-refractivity contribution in [3.05, 3.63) is 12.2 Å². The van der Waals surface area contributed by atoms with Crippen molar-refractivity contribution in [1.82, 2.24) is 15.1 Å². The predicted octanol–water partition coefficient (Wildman–Crippen LogP) is 5.49. The van der Waals surface area contributed by atoms with Gasteiger partial charge in [-0.25, -0.2) is 0 Å². The molecule has 0 aromatic carbocycles. The number of hydrogen-bond donors (Lipinski definition) is 1. The van der Waals surface area contributed by atoms with Crippen LogP contribution in [0.1, 0.15) is 90.9 Å². The molecule has 0 bridgehead atoms. The van der Waals surface area contributed by atoms with Crippen LogP contribution in [0.2, 0.25) is 0 Å². The lowest BCUT2D eigenvalue weighted by Gasteiger charge is -2.17. The summed E-state index contributed by atoms with van der Waals surface area (Å²) < 4.78 is 0. The second kappa shape index (κ2) is 20.4. The topological polar surface area (TPSA) is 35.6 Å². The van der Waals surface area contributed by atoms with E-state index in [1.807, 2.05) is 0 Å². The van der Waals surface area contributed by atoms with E-state index in [0.717, 1.165) is 32.6 Å². The summed E-state index contributed by atoms with van der Waals surface area (Å²) in [4.78, 5) is 16.6. The first-order chi connectivity index (χ1) is 14.0. The molecule has 1 N–H and O–H groups in total. The van der Waals surface area contributed by atoms with Crippen LogP contribution in [0.4, 0.5) is 0 Å². The van der Waals surface area contributed by atoms with Gasteiger partial charge in [0.1, 0.15) is 0 Å². The van der Waals surface area contributed by atoms with E-state index in [1.165, 1.54) is 64.2 Å². The molecule has 1 atom stereocenters. The molecule has 1 unspecified atom stereocenters. The Kier molecular flexibility index (Phi) is 19.8. The molecule has 0 spiro atoms. The number of allylic oxidation sites excluding steroid dienone is 1. The minimum atomic E-state index is 0.151. The average molecular weight is 410 g/mol. The minimum absolute atomic E-state index is 0.151. The molecular weight excluding hydrogens is 358 g/mol. The SMILES string of the molecule is CCCCCCCCCC(C)/C=C/CC(=O)NCCCN(C)CCCCN(C)C. The molecule has 0 saturated carbocycles. The summed E-state index contributed by atoms with van der Waals surface area (Å²) in [5.74, 6) is 0.734. The minimum Gasteiger partial charge on any atom is -0.356 e. The Morgan fingerprint density at radius 2 is 1.48 bits per heavy atom. The van der Waals surface area contributed by atoms with Gasteiger partial charge in [0.25, 0.3) is 0 Å². The summed E-state index contributed by atoms with van der Waals surface area (Å²) >= 11 is 0. The van der Waals surface area contributed by atoms with Crippen molar-refractivity contribution in [2.45, 2.75) is 90.9 Å². The molecule has 172 valence electrons. The number of unbranched alkanes of at least 4 members (excludes halogenated alkanes) is 7. The molecule has 0 fully saturated rings. The third kappa shape index (κ3) is 21.7. The molecule has 0 rings (SSSR count). The van der Waals surface area contributed by atoms with Gasteiger partial charge in [-0.3, -0.25) is 4.79 Å².